The summed E-state index contributed by atoms with van der Waals surface area (Å²) >= 11 is 1.56. The van der Waals surface area contributed by atoms with Crippen LogP contribution in [0.5, 0.6) is 0 Å². The summed E-state index contributed by atoms with van der Waals surface area (Å²) in [5, 5.41) is 1.77. The van der Waals surface area contributed by atoms with E-state index in [0.29, 0.717) is 0 Å². The fourth-order valence-corrected chi connectivity index (χ4v) is 0.427. The smallest absolute Gasteiger partial charge is 0.0211 e. The molecule has 0 nitrogen and oxygen atoms in total. The van der Waals surface area contributed by atoms with Gasteiger partial charge < -0.3 is 0 Å². The van der Waals surface area contributed by atoms with E-state index in [4.69, 9.17) is 0 Å². The first-order chi connectivity index (χ1) is 4.77. The molecule has 0 unspecified atom stereocenters. The van der Waals surface area contributed by atoms with E-state index in [1.54, 1.807) is 17.2 Å². The van der Waals surface area contributed by atoms with Gasteiger partial charge in [-0.2, -0.15) is 0 Å². The van der Waals surface area contributed by atoms with E-state index in [9.17, 15) is 0 Å². The maximum atomic E-state index is 3.64. The molecular weight excluding hydrogens is 140 g/mol. The van der Waals surface area contributed by atoms with Crippen molar-refractivity contribution in [2.24, 2.45) is 0 Å². The fourth-order valence-electron chi connectivity index (χ4n) is 0.142. The molecule has 0 aliphatic rings. The van der Waals surface area contributed by atoms with Gasteiger partial charge in [-0.3, -0.25) is 0 Å². The van der Waals surface area contributed by atoms with Crippen molar-refractivity contribution in [1.82, 2.24) is 0 Å². The maximum Gasteiger partial charge on any atom is -0.0211 e. The predicted octanol–water partition coefficient (Wildman–Crippen LogP) is 4.45. The number of thioether (sulfide) groups is 1. The van der Waals surface area contributed by atoms with Gasteiger partial charge in [-0.05, 0) is 17.2 Å². The first-order valence-electron chi connectivity index (χ1n) is 3.70. The largest absolute Gasteiger partial charge is 0.104 e. The summed E-state index contributed by atoms with van der Waals surface area (Å²) in [6, 6.07) is 0. The number of hydrogen-bond donors (Lipinski definition) is 0. The van der Waals surface area contributed by atoms with E-state index >= 15 is 0 Å². The second kappa shape index (κ2) is 23.2. The van der Waals surface area contributed by atoms with Gasteiger partial charge in [-0.25, -0.2) is 0 Å². The van der Waals surface area contributed by atoms with Crippen molar-refractivity contribution in [2.45, 2.75) is 34.6 Å². The van der Waals surface area contributed by atoms with Crippen LogP contribution >= 0.6 is 11.8 Å². The fraction of sp³-hybridized carbons (Fsp3) is 0.556. The van der Waals surface area contributed by atoms with Crippen molar-refractivity contribution in [3.05, 3.63) is 23.5 Å². The monoisotopic (exact) mass is 160 g/mol. The molecule has 0 aromatic heterocycles. The highest BCUT2D eigenvalue weighted by atomic mass is 32.2. The van der Waals surface area contributed by atoms with Gasteiger partial charge in [0.1, 0.15) is 0 Å². The van der Waals surface area contributed by atoms with Crippen molar-refractivity contribution >= 4 is 11.8 Å². The third-order valence-electron chi connectivity index (χ3n) is 0.285. The second-order valence-corrected chi connectivity index (χ2v) is 2.25. The van der Waals surface area contributed by atoms with Crippen molar-refractivity contribution in [2.75, 3.05) is 0 Å². The first-order valence-corrected chi connectivity index (χ1v) is 4.58. The highest BCUT2D eigenvalue weighted by Crippen LogP contribution is 2.10. The first kappa shape index (κ1) is 16.4. The lowest BCUT2D eigenvalue weighted by molar-refractivity contribution is 1.50. The van der Waals surface area contributed by atoms with E-state index in [0.717, 1.165) is 4.91 Å². The lowest BCUT2D eigenvalue weighted by atomic mass is 10.8. The molecule has 1 heteroatoms. The van der Waals surface area contributed by atoms with Crippen LogP contribution in [0.25, 0.3) is 0 Å². The molecule has 0 aliphatic carbocycles. The zero-order valence-corrected chi connectivity index (χ0v) is 8.72. The molecule has 0 aromatic rings. The minimum Gasteiger partial charge on any atom is -0.104 e. The number of rotatable bonds is 2. The molecule has 0 saturated heterocycles. The Morgan fingerprint density at radius 2 is 1.50 bits per heavy atom. The van der Waals surface area contributed by atoms with Gasteiger partial charge in [0, 0.05) is 0 Å². The highest BCUT2D eigenvalue weighted by Gasteiger charge is 1.71. The summed E-state index contributed by atoms with van der Waals surface area (Å²) in [7, 11) is 0. The zero-order valence-electron chi connectivity index (χ0n) is 7.90. The van der Waals surface area contributed by atoms with Gasteiger partial charge in [-0.15, -0.1) is 11.8 Å². The van der Waals surface area contributed by atoms with Crippen LogP contribution in [0, 0.1) is 0 Å². The van der Waals surface area contributed by atoms with E-state index in [1.165, 1.54) is 0 Å². The molecule has 0 spiro atoms. The summed E-state index contributed by atoms with van der Waals surface area (Å²) in [4.78, 5) is 1.09. The molecule has 0 rings (SSSR count). The molecule has 0 N–H and O–H groups in total. The topological polar surface area (TPSA) is 0 Å². The Labute approximate surface area is 70.4 Å². The van der Waals surface area contributed by atoms with Crippen LogP contribution in [0.3, 0.4) is 0 Å². The summed E-state index contributed by atoms with van der Waals surface area (Å²) in [6.45, 7) is 17.1. The van der Waals surface area contributed by atoms with Crippen LogP contribution in [0.15, 0.2) is 23.5 Å². The maximum absolute atomic E-state index is 3.64. The van der Waals surface area contributed by atoms with Crippen LogP contribution in [0.4, 0.5) is 0 Å². The van der Waals surface area contributed by atoms with Gasteiger partial charge >= 0.3 is 0 Å². The zero-order chi connectivity index (χ0) is 8.99. The van der Waals surface area contributed by atoms with Crippen molar-refractivity contribution < 1.29 is 0 Å². The average molecular weight is 160 g/mol. The summed E-state index contributed by atoms with van der Waals surface area (Å²) in [6.07, 6.45) is 0. The Bertz CT molecular complexity index is 65.1. The van der Waals surface area contributed by atoms with Crippen molar-refractivity contribution in [3.8, 4) is 0 Å². The van der Waals surface area contributed by atoms with Crippen molar-refractivity contribution in [1.29, 1.82) is 0 Å². The standard InChI is InChI=1S/C5H8S.2C2H6/c1-4-6-5(2)3;2*1-2/h4H,1-2H2,3H3;2*1-2H3. The van der Waals surface area contributed by atoms with Gasteiger partial charge in [0.2, 0.25) is 0 Å². The Kier molecular flexibility index (Phi) is 38.1. The van der Waals surface area contributed by atoms with Crippen molar-refractivity contribution in [3.63, 3.8) is 0 Å². The minimum atomic E-state index is 1.09. The Balaban J connectivity index is -0.000000105. The van der Waals surface area contributed by atoms with E-state index in [-0.39, 0.29) is 0 Å². The lowest BCUT2D eigenvalue weighted by Gasteiger charge is -1.82. The molecule has 0 heterocycles. The molecule has 0 aliphatic heterocycles. The van der Waals surface area contributed by atoms with Crippen LogP contribution in [-0.4, -0.2) is 0 Å². The summed E-state index contributed by atoms with van der Waals surface area (Å²) < 4.78 is 0. The molecule has 0 atom stereocenters. The number of hydrogen-bond acceptors (Lipinski definition) is 1. The molecule has 0 radical (unpaired) electrons. The third-order valence-corrected chi connectivity index (χ3v) is 0.854. The lowest BCUT2D eigenvalue weighted by Crippen LogP contribution is -1.48. The van der Waals surface area contributed by atoms with E-state index in [2.05, 4.69) is 13.2 Å². The quantitative estimate of drug-likeness (QED) is 0.575. The van der Waals surface area contributed by atoms with E-state index in [1.807, 2.05) is 34.6 Å². The Morgan fingerprint density at radius 3 is 1.50 bits per heavy atom. The summed E-state index contributed by atoms with van der Waals surface area (Å²) in [5.74, 6) is 0. The van der Waals surface area contributed by atoms with Gasteiger partial charge in [0.25, 0.3) is 0 Å². The Morgan fingerprint density at radius 1 is 1.20 bits per heavy atom. The van der Waals surface area contributed by atoms with Gasteiger partial charge in [0.05, 0.1) is 0 Å². The molecule has 0 saturated carbocycles. The third kappa shape index (κ3) is 45.6. The van der Waals surface area contributed by atoms with E-state index < -0.39 is 0 Å². The Hall–Kier alpha value is -0.170. The number of allylic oxidation sites excluding steroid dienone is 1. The van der Waals surface area contributed by atoms with Crippen LogP contribution < -0.4 is 0 Å². The summed E-state index contributed by atoms with van der Waals surface area (Å²) in [5.41, 5.74) is 0. The minimum absolute atomic E-state index is 1.09. The molecule has 0 aromatic carbocycles. The molecule has 0 bridgehead atoms. The average Bonchev–Trinajstić information content (AvgIpc) is 1.96. The molecule has 0 fully saturated rings. The van der Waals surface area contributed by atoms with Gasteiger partial charge in [-0.1, -0.05) is 40.9 Å². The van der Waals surface area contributed by atoms with Crippen LogP contribution in [-0.2, 0) is 0 Å². The SMILES string of the molecule is C=CSC(=C)C.CC.CC. The van der Waals surface area contributed by atoms with Crippen LogP contribution in [0.1, 0.15) is 34.6 Å². The molecule has 0 amide bonds. The molecule has 10 heavy (non-hydrogen) atoms. The second-order valence-electron chi connectivity index (χ2n) is 0.987. The molecule has 62 valence electrons. The highest BCUT2D eigenvalue weighted by molar-refractivity contribution is 8.05. The predicted molar refractivity (Wildman–Crippen MR) is 55.3 cm³/mol. The normalized spacial score (nSPS) is 5.70. The van der Waals surface area contributed by atoms with Crippen LogP contribution in [0.2, 0.25) is 0 Å². The molecular formula is C9H20S. The van der Waals surface area contributed by atoms with Gasteiger partial charge in [0.15, 0.2) is 0 Å².